The Kier molecular flexibility index (Phi) is 7.53. The van der Waals surface area contributed by atoms with Crippen LogP contribution in [0.1, 0.15) is 90.0 Å². The lowest BCUT2D eigenvalue weighted by molar-refractivity contribution is 0.446. The lowest BCUT2D eigenvalue weighted by Gasteiger charge is -2.27. The summed E-state index contributed by atoms with van der Waals surface area (Å²) in [6.07, 6.45) is -0.500. The van der Waals surface area contributed by atoms with E-state index in [2.05, 4.69) is 108 Å². The first-order chi connectivity index (χ1) is 30.9. The number of imidazole rings is 1. The standard InChI is InChI=1S/C54H53N3O/c1-52(2,3)40-30-38(29-39(31-40)46-32-37(27-28-55-46)35-19-12-10-13-20-35)43-24-18-26-48-49(43)56-51(44-33-41(53(4,5)6)34-45(50(44)58)54(7,8)9)57(48)47-25-17-16-23-42(47)36-21-14-11-15-22-36/h10-34,58H,1-9H3/i10D,12D,13D,19D,20D,27D,28D,32D. The summed E-state index contributed by atoms with van der Waals surface area (Å²) in [6.45, 7) is 19.0. The molecule has 2 heterocycles. The van der Waals surface area contributed by atoms with Gasteiger partial charge >= 0.3 is 0 Å². The van der Waals surface area contributed by atoms with Crippen LogP contribution in [0.25, 0.3) is 72.7 Å². The lowest BCUT2D eigenvalue weighted by Crippen LogP contribution is -2.17. The molecule has 6 aromatic carbocycles. The number of hydrogen-bond donors (Lipinski definition) is 1. The smallest absolute Gasteiger partial charge is 0.149 e. The molecule has 4 heteroatoms. The molecule has 0 amide bonds. The zero-order valence-corrected chi connectivity index (χ0v) is 34.6. The van der Waals surface area contributed by atoms with Crippen molar-refractivity contribution in [2.75, 3.05) is 0 Å². The number of phenolic OH excluding ortho intramolecular Hbond substituents is 1. The van der Waals surface area contributed by atoms with Gasteiger partial charge in [0.2, 0.25) is 0 Å². The minimum Gasteiger partial charge on any atom is -0.507 e. The molecule has 0 unspecified atom stereocenters. The Balaban J connectivity index is 1.47. The van der Waals surface area contributed by atoms with Crippen LogP contribution in [0.4, 0.5) is 0 Å². The van der Waals surface area contributed by atoms with Crippen molar-refractivity contribution in [3.63, 3.8) is 0 Å². The lowest BCUT2D eigenvalue weighted by atomic mass is 9.79. The highest BCUT2D eigenvalue weighted by Crippen LogP contribution is 2.45. The summed E-state index contributed by atoms with van der Waals surface area (Å²) >= 11 is 0. The van der Waals surface area contributed by atoms with Gasteiger partial charge in [-0.2, -0.15) is 0 Å². The van der Waals surface area contributed by atoms with Crippen LogP contribution in [0.2, 0.25) is 0 Å². The zero-order valence-electron chi connectivity index (χ0n) is 42.6. The van der Waals surface area contributed by atoms with Gasteiger partial charge in [0.25, 0.3) is 0 Å². The second kappa shape index (κ2) is 14.6. The summed E-state index contributed by atoms with van der Waals surface area (Å²) in [6, 6.07) is 30.5. The number of nitrogens with zero attached hydrogens (tertiary/aromatic N) is 3. The molecule has 0 bridgehead atoms. The molecule has 290 valence electrons. The summed E-state index contributed by atoms with van der Waals surface area (Å²) in [5.74, 6) is 0.696. The number of fused-ring (bicyclic) bond motifs is 1. The van der Waals surface area contributed by atoms with E-state index >= 15 is 0 Å². The van der Waals surface area contributed by atoms with E-state index in [0.717, 1.165) is 50.1 Å². The van der Waals surface area contributed by atoms with Crippen LogP contribution >= 0.6 is 0 Å². The van der Waals surface area contributed by atoms with Crippen LogP contribution in [0.5, 0.6) is 5.75 Å². The first-order valence-corrected chi connectivity index (χ1v) is 19.7. The molecule has 8 aromatic rings. The zero-order chi connectivity index (χ0) is 47.9. The molecule has 2 aromatic heterocycles. The maximum absolute atomic E-state index is 12.4. The van der Waals surface area contributed by atoms with Crippen molar-refractivity contribution in [1.29, 1.82) is 0 Å². The molecule has 0 aliphatic heterocycles. The Labute approximate surface area is 355 Å². The van der Waals surface area contributed by atoms with Crippen molar-refractivity contribution in [3.05, 3.63) is 168 Å². The normalized spacial score (nSPS) is 14.2. The molecule has 8 rings (SSSR count). The summed E-state index contributed by atoms with van der Waals surface area (Å²) in [5.41, 5.74) is 7.83. The molecule has 0 fully saturated rings. The van der Waals surface area contributed by atoms with Crippen molar-refractivity contribution in [2.24, 2.45) is 0 Å². The van der Waals surface area contributed by atoms with E-state index in [0.29, 0.717) is 22.5 Å². The predicted octanol–water partition coefficient (Wildman–Crippen LogP) is 14.4. The number of phenols is 1. The monoisotopic (exact) mass is 767 g/mol. The molecule has 1 N–H and O–H groups in total. The molecule has 4 nitrogen and oxygen atoms in total. The van der Waals surface area contributed by atoms with Crippen molar-refractivity contribution in [1.82, 2.24) is 14.5 Å². The van der Waals surface area contributed by atoms with Gasteiger partial charge in [0.1, 0.15) is 11.6 Å². The predicted molar refractivity (Wildman–Crippen MR) is 244 cm³/mol. The van der Waals surface area contributed by atoms with E-state index < -0.39 is 53.3 Å². The van der Waals surface area contributed by atoms with Crippen molar-refractivity contribution < 1.29 is 16.1 Å². The number of pyridine rings is 1. The fourth-order valence-electron chi connectivity index (χ4n) is 7.40. The van der Waals surface area contributed by atoms with Crippen molar-refractivity contribution in [3.8, 4) is 67.5 Å². The molecule has 0 aliphatic carbocycles. The van der Waals surface area contributed by atoms with Gasteiger partial charge in [0, 0.05) is 28.4 Å². The highest BCUT2D eigenvalue weighted by atomic mass is 16.3. The van der Waals surface area contributed by atoms with Gasteiger partial charge < -0.3 is 5.11 Å². The fraction of sp³-hybridized carbons (Fsp3) is 0.222. The van der Waals surface area contributed by atoms with E-state index in [1.807, 2.05) is 66.7 Å². The largest absolute Gasteiger partial charge is 0.507 e. The van der Waals surface area contributed by atoms with E-state index in [1.165, 1.54) is 0 Å². The van der Waals surface area contributed by atoms with E-state index in [-0.39, 0.29) is 34.0 Å². The third-order valence-corrected chi connectivity index (χ3v) is 10.7. The number of para-hydroxylation sites is 2. The van der Waals surface area contributed by atoms with E-state index in [9.17, 15) is 6.48 Å². The van der Waals surface area contributed by atoms with Crippen LogP contribution < -0.4 is 0 Å². The highest BCUT2D eigenvalue weighted by Gasteiger charge is 2.29. The summed E-state index contributed by atoms with van der Waals surface area (Å²) < 4.78 is 71.5. The second-order valence-corrected chi connectivity index (χ2v) is 18.0. The fourth-order valence-corrected chi connectivity index (χ4v) is 7.40. The molecular weight excluding hydrogens is 707 g/mol. The molecule has 0 saturated heterocycles. The summed E-state index contributed by atoms with van der Waals surface area (Å²) in [5, 5.41) is 12.4. The van der Waals surface area contributed by atoms with Gasteiger partial charge in [-0.25, -0.2) is 4.98 Å². The van der Waals surface area contributed by atoms with Gasteiger partial charge in [-0.1, -0.05) is 165 Å². The first-order valence-electron chi connectivity index (χ1n) is 23.7. The van der Waals surface area contributed by atoms with E-state index in [4.69, 9.17) is 14.6 Å². The Hall–Kier alpha value is -6.26. The van der Waals surface area contributed by atoms with E-state index in [1.54, 1.807) is 0 Å². The maximum Gasteiger partial charge on any atom is 0.149 e. The quantitative estimate of drug-likeness (QED) is 0.183. The number of hydrogen-bond acceptors (Lipinski definition) is 3. The molecule has 0 atom stereocenters. The highest BCUT2D eigenvalue weighted by molar-refractivity contribution is 5.98. The minimum absolute atomic E-state index is 0.0268. The van der Waals surface area contributed by atoms with Crippen LogP contribution in [0.3, 0.4) is 0 Å². The Bertz CT molecular complexity index is 3220. The molecule has 58 heavy (non-hydrogen) atoms. The topological polar surface area (TPSA) is 50.9 Å². The van der Waals surface area contributed by atoms with Crippen LogP contribution in [0, 0.1) is 0 Å². The number of aromatic nitrogens is 3. The Morgan fingerprint density at radius 1 is 0.552 bits per heavy atom. The Morgan fingerprint density at radius 3 is 1.91 bits per heavy atom. The number of rotatable bonds is 6. The van der Waals surface area contributed by atoms with Crippen LogP contribution in [-0.2, 0) is 16.2 Å². The van der Waals surface area contributed by atoms with Gasteiger partial charge in [-0.05, 0) is 92.0 Å². The third kappa shape index (κ3) is 7.36. The molecule has 0 aliphatic rings. The number of benzene rings is 6. The second-order valence-electron chi connectivity index (χ2n) is 18.0. The van der Waals surface area contributed by atoms with Gasteiger partial charge in [0.15, 0.2) is 0 Å². The average Bonchev–Trinajstić information content (AvgIpc) is 3.66. The molecule has 0 saturated carbocycles. The SMILES string of the molecule is [2H]c1nc(-c2cc(-c3cccc4c3nc(-c3cc(C(C)(C)C)cc(C(C)(C)C)c3O)n4-c3ccccc3-c3ccccc3)cc(C(C)(C)C)c2)c([2H])c(-c2c([2H])c([2H])c([2H])c([2H])c2[2H])c1[2H]. The van der Waals surface area contributed by atoms with Crippen molar-refractivity contribution in [2.45, 2.75) is 78.6 Å². The van der Waals surface area contributed by atoms with Crippen LogP contribution in [0.15, 0.2) is 152 Å². The summed E-state index contributed by atoms with van der Waals surface area (Å²) in [7, 11) is 0. The number of aromatic hydroxyl groups is 1. The van der Waals surface area contributed by atoms with Gasteiger partial charge in [-0.15, -0.1) is 0 Å². The summed E-state index contributed by atoms with van der Waals surface area (Å²) in [4.78, 5) is 9.98. The van der Waals surface area contributed by atoms with Crippen LogP contribution in [-0.4, -0.2) is 19.6 Å². The molecule has 0 radical (unpaired) electrons. The first kappa shape index (κ1) is 29.9. The maximum atomic E-state index is 12.4. The average molecular weight is 768 g/mol. The van der Waals surface area contributed by atoms with Gasteiger partial charge in [0.05, 0.1) is 38.9 Å². The third-order valence-electron chi connectivity index (χ3n) is 10.7. The molecule has 0 spiro atoms. The molecular formula is C54H53N3O. The minimum atomic E-state index is -0.599. The van der Waals surface area contributed by atoms with Crippen molar-refractivity contribution >= 4 is 11.0 Å². The van der Waals surface area contributed by atoms with Gasteiger partial charge in [-0.3, -0.25) is 9.55 Å². The Morgan fingerprint density at radius 2 is 1.21 bits per heavy atom.